The minimum atomic E-state index is 0.350. The van der Waals surface area contributed by atoms with Crippen molar-refractivity contribution in [1.29, 1.82) is 0 Å². The normalized spacial score (nSPS) is 9.44. The Balaban J connectivity index is 3.17. The summed E-state index contributed by atoms with van der Waals surface area (Å²) < 4.78 is 0.796. The highest BCUT2D eigenvalue weighted by molar-refractivity contribution is 7.80. The van der Waals surface area contributed by atoms with Crippen molar-refractivity contribution in [3.63, 3.8) is 0 Å². The van der Waals surface area contributed by atoms with Gasteiger partial charge in [-0.2, -0.15) is 0 Å². The second-order valence-corrected chi connectivity index (χ2v) is 2.03. The van der Waals surface area contributed by atoms with Gasteiger partial charge in [-0.3, -0.25) is 0 Å². The minimum absolute atomic E-state index is 0.350. The van der Waals surface area contributed by atoms with Crippen molar-refractivity contribution in [2.24, 2.45) is 0 Å². The lowest BCUT2D eigenvalue weighted by molar-refractivity contribution is -0.748. The Morgan fingerprint density at radius 3 is 2.00 bits per heavy atom. The number of nitrogens with zero attached hydrogens (tertiary/aromatic N) is 2. The quantitative estimate of drug-likeness (QED) is 0.295. The molecule has 1 aromatic heterocycles. The Kier molecular flexibility index (Phi) is 1.44. The predicted octanol–water partition coefficient (Wildman–Crippen LogP) is -0.758. The third-order valence-electron chi connectivity index (χ3n) is 0.747. The highest BCUT2D eigenvalue weighted by Gasteiger charge is 1.98. The zero-order chi connectivity index (χ0) is 6.85. The first-order valence-corrected chi connectivity index (χ1v) is 2.65. The van der Waals surface area contributed by atoms with Crippen LogP contribution in [0.2, 0.25) is 0 Å². The molecular weight excluding hydrogens is 140 g/mol. The van der Waals surface area contributed by atoms with Crippen LogP contribution in [-0.4, -0.2) is 0 Å². The maximum absolute atomic E-state index is 10.4. The SMILES string of the molecule is [O-][n+]1cc(S)c[n+]([O-])c1. The molecule has 0 saturated heterocycles. The minimum Gasteiger partial charge on any atom is -0.614 e. The van der Waals surface area contributed by atoms with Gasteiger partial charge in [0.2, 0.25) is 12.4 Å². The standard InChI is InChI=1S/C4H4N2O2S/c7-5-1-4(9)2-6(8)3-5/h1-3,9H. The highest BCUT2D eigenvalue weighted by Crippen LogP contribution is 1.93. The molecule has 0 aliphatic rings. The molecule has 1 aromatic rings. The molecule has 0 aliphatic heterocycles. The summed E-state index contributed by atoms with van der Waals surface area (Å²) in [6.07, 6.45) is 3.24. The summed E-state index contributed by atoms with van der Waals surface area (Å²) >= 11 is 3.78. The summed E-state index contributed by atoms with van der Waals surface area (Å²) in [5.41, 5.74) is 0. The van der Waals surface area contributed by atoms with Crippen LogP contribution in [0.25, 0.3) is 0 Å². The second kappa shape index (κ2) is 2.10. The van der Waals surface area contributed by atoms with E-state index in [2.05, 4.69) is 12.6 Å². The molecule has 0 atom stereocenters. The van der Waals surface area contributed by atoms with Gasteiger partial charge in [-0.25, -0.2) is 0 Å². The molecule has 9 heavy (non-hydrogen) atoms. The van der Waals surface area contributed by atoms with Crippen molar-refractivity contribution in [3.05, 3.63) is 29.1 Å². The molecule has 0 saturated carbocycles. The summed E-state index contributed by atoms with van der Waals surface area (Å²) in [7, 11) is 0. The molecule has 0 fully saturated rings. The number of aromatic nitrogens is 2. The first-order valence-electron chi connectivity index (χ1n) is 2.20. The Hall–Kier alpha value is -0.970. The monoisotopic (exact) mass is 144 g/mol. The molecule has 0 radical (unpaired) electrons. The van der Waals surface area contributed by atoms with Crippen molar-refractivity contribution >= 4 is 12.6 Å². The van der Waals surface area contributed by atoms with Crippen molar-refractivity contribution in [2.75, 3.05) is 0 Å². The Labute approximate surface area is 56.9 Å². The lowest BCUT2D eigenvalue weighted by Gasteiger charge is -1.95. The topological polar surface area (TPSA) is 53.9 Å². The molecule has 4 nitrogen and oxygen atoms in total. The van der Waals surface area contributed by atoms with Crippen molar-refractivity contribution in [1.82, 2.24) is 0 Å². The Bertz CT molecular complexity index is 177. The van der Waals surface area contributed by atoms with Gasteiger partial charge in [0.1, 0.15) is 4.90 Å². The maximum Gasteiger partial charge on any atom is 0.429 e. The smallest absolute Gasteiger partial charge is 0.429 e. The van der Waals surface area contributed by atoms with Gasteiger partial charge in [-0.1, -0.05) is 0 Å². The van der Waals surface area contributed by atoms with Gasteiger partial charge in [0.25, 0.3) is 0 Å². The molecule has 0 spiro atoms. The van der Waals surface area contributed by atoms with Crippen LogP contribution < -0.4 is 9.46 Å². The predicted molar refractivity (Wildman–Crippen MR) is 31.6 cm³/mol. The summed E-state index contributed by atoms with van der Waals surface area (Å²) in [5, 5.41) is 20.7. The number of rotatable bonds is 0. The number of thiol groups is 1. The fraction of sp³-hybridized carbons (Fsp3) is 0. The van der Waals surface area contributed by atoms with Gasteiger partial charge in [0.15, 0.2) is 0 Å². The molecule has 0 amide bonds. The van der Waals surface area contributed by atoms with Crippen LogP contribution in [0.1, 0.15) is 0 Å². The van der Waals surface area contributed by atoms with Crippen LogP contribution in [0.15, 0.2) is 23.6 Å². The first-order chi connectivity index (χ1) is 4.18. The van der Waals surface area contributed by atoms with Gasteiger partial charge >= 0.3 is 6.33 Å². The zero-order valence-corrected chi connectivity index (χ0v) is 5.28. The molecular formula is C4H4N2O2S. The zero-order valence-electron chi connectivity index (χ0n) is 4.39. The molecule has 0 unspecified atom stereocenters. The van der Waals surface area contributed by atoms with Crippen LogP contribution in [-0.2, 0) is 0 Å². The van der Waals surface area contributed by atoms with Gasteiger partial charge in [0.05, 0.1) is 0 Å². The van der Waals surface area contributed by atoms with Crippen molar-refractivity contribution in [3.8, 4) is 0 Å². The van der Waals surface area contributed by atoms with E-state index in [1.165, 1.54) is 12.4 Å². The maximum atomic E-state index is 10.4. The van der Waals surface area contributed by atoms with E-state index in [1.807, 2.05) is 0 Å². The fourth-order valence-electron chi connectivity index (χ4n) is 0.473. The van der Waals surface area contributed by atoms with E-state index in [0.717, 1.165) is 6.33 Å². The van der Waals surface area contributed by atoms with Crippen molar-refractivity contribution < 1.29 is 9.46 Å². The largest absolute Gasteiger partial charge is 0.614 e. The number of hydrogen-bond donors (Lipinski definition) is 1. The first kappa shape index (κ1) is 6.15. The van der Waals surface area contributed by atoms with E-state index < -0.39 is 0 Å². The van der Waals surface area contributed by atoms with E-state index in [0.29, 0.717) is 14.4 Å². The van der Waals surface area contributed by atoms with Crippen LogP contribution in [0, 0.1) is 10.4 Å². The molecule has 1 heterocycles. The van der Waals surface area contributed by atoms with Gasteiger partial charge in [0, 0.05) is 0 Å². The third kappa shape index (κ3) is 1.46. The van der Waals surface area contributed by atoms with Gasteiger partial charge in [-0.05, 0) is 0 Å². The average molecular weight is 144 g/mol. The van der Waals surface area contributed by atoms with E-state index in [1.54, 1.807) is 0 Å². The van der Waals surface area contributed by atoms with Gasteiger partial charge < -0.3 is 10.4 Å². The summed E-state index contributed by atoms with van der Waals surface area (Å²) in [6, 6.07) is 0. The Morgan fingerprint density at radius 2 is 1.67 bits per heavy atom. The van der Waals surface area contributed by atoms with E-state index >= 15 is 0 Å². The molecule has 0 bridgehead atoms. The molecule has 5 heteroatoms. The lowest BCUT2D eigenvalue weighted by atomic mass is 10.7. The average Bonchev–Trinajstić information content (AvgIpc) is 1.59. The molecule has 1 rings (SSSR count). The summed E-state index contributed by atoms with van der Waals surface area (Å²) in [6.45, 7) is 0. The Morgan fingerprint density at radius 1 is 1.22 bits per heavy atom. The molecule has 0 aliphatic carbocycles. The van der Waals surface area contributed by atoms with Crippen molar-refractivity contribution in [2.45, 2.75) is 4.90 Å². The number of hydrogen-bond acceptors (Lipinski definition) is 3. The highest BCUT2D eigenvalue weighted by atomic mass is 32.1. The van der Waals surface area contributed by atoms with Crippen LogP contribution in [0.3, 0.4) is 0 Å². The fourth-order valence-corrected chi connectivity index (χ4v) is 0.701. The second-order valence-electron chi connectivity index (χ2n) is 1.52. The molecule has 48 valence electrons. The lowest BCUT2D eigenvalue weighted by Crippen LogP contribution is -2.39. The molecule has 0 N–H and O–H groups in total. The van der Waals surface area contributed by atoms with Crippen LogP contribution >= 0.6 is 12.6 Å². The molecule has 0 aromatic carbocycles. The van der Waals surface area contributed by atoms with E-state index in [-0.39, 0.29) is 0 Å². The van der Waals surface area contributed by atoms with Crippen LogP contribution in [0.5, 0.6) is 0 Å². The third-order valence-corrected chi connectivity index (χ3v) is 0.978. The van der Waals surface area contributed by atoms with E-state index in [9.17, 15) is 10.4 Å². The van der Waals surface area contributed by atoms with Crippen LogP contribution in [0.4, 0.5) is 0 Å². The van der Waals surface area contributed by atoms with Gasteiger partial charge in [-0.15, -0.1) is 22.1 Å². The summed E-state index contributed by atoms with van der Waals surface area (Å²) in [4.78, 5) is 0.350. The van der Waals surface area contributed by atoms with E-state index in [4.69, 9.17) is 0 Å². The summed E-state index contributed by atoms with van der Waals surface area (Å²) in [5.74, 6) is 0.